The van der Waals surface area contributed by atoms with E-state index in [1.165, 1.54) is 56.5 Å². The molecule has 0 amide bonds. The molecule has 1 heterocycles. The largest absolute Gasteiger partial charge is 0.300 e. The van der Waals surface area contributed by atoms with Gasteiger partial charge in [-0.15, -0.1) is 0 Å². The molecule has 1 aliphatic rings. The summed E-state index contributed by atoms with van der Waals surface area (Å²) in [6.45, 7) is 0. The van der Waals surface area contributed by atoms with Crippen molar-refractivity contribution in [2.75, 3.05) is 11.5 Å². The number of hydrogen-bond donors (Lipinski definition) is 0. The summed E-state index contributed by atoms with van der Waals surface area (Å²) in [5.41, 5.74) is 0. The minimum absolute atomic E-state index is 0.504. The van der Waals surface area contributed by atoms with Crippen LogP contribution in [0.5, 0.6) is 0 Å². The molecular formula is C14H26OS. The van der Waals surface area contributed by atoms with Gasteiger partial charge in [-0.1, -0.05) is 32.1 Å². The lowest BCUT2D eigenvalue weighted by Gasteiger charge is -2.01. The average Bonchev–Trinajstić information content (AvgIpc) is 2.29. The highest BCUT2D eigenvalue weighted by atomic mass is 32.2. The van der Waals surface area contributed by atoms with Gasteiger partial charge in [0.05, 0.1) is 0 Å². The van der Waals surface area contributed by atoms with Crippen LogP contribution in [0.4, 0.5) is 0 Å². The smallest absolute Gasteiger partial charge is 0.132 e. The summed E-state index contributed by atoms with van der Waals surface area (Å²) in [5, 5.41) is 0. The molecule has 0 unspecified atom stereocenters. The minimum atomic E-state index is 0.504. The molecule has 2 heteroatoms. The van der Waals surface area contributed by atoms with Gasteiger partial charge in [-0.3, -0.25) is 4.79 Å². The van der Waals surface area contributed by atoms with Crippen molar-refractivity contribution in [2.24, 2.45) is 0 Å². The molecular weight excluding hydrogens is 216 g/mol. The fraction of sp³-hybridized carbons (Fsp3) is 0.929. The van der Waals surface area contributed by atoms with Crippen molar-refractivity contribution in [1.82, 2.24) is 0 Å². The van der Waals surface area contributed by atoms with Crippen molar-refractivity contribution in [1.29, 1.82) is 0 Å². The average molecular weight is 242 g/mol. The predicted molar refractivity (Wildman–Crippen MR) is 73.1 cm³/mol. The molecule has 94 valence electrons. The summed E-state index contributed by atoms with van der Waals surface area (Å²) in [5.74, 6) is 3.18. The Bertz CT molecular complexity index is 162. The van der Waals surface area contributed by atoms with E-state index >= 15 is 0 Å². The van der Waals surface area contributed by atoms with Crippen LogP contribution >= 0.6 is 11.8 Å². The van der Waals surface area contributed by atoms with Crippen LogP contribution in [0.3, 0.4) is 0 Å². The predicted octanol–water partition coefficient (Wildman–Crippen LogP) is 4.59. The maximum atomic E-state index is 11.5. The van der Waals surface area contributed by atoms with Crippen LogP contribution in [-0.4, -0.2) is 17.3 Å². The first kappa shape index (κ1) is 14.1. The van der Waals surface area contributed by atoms with Crippen molar-refractivity contribution in [2.45, 2.75) is 70.6 Å². The van der Waals surface area contributed by atoms with E-state index in [0.717, 1.165) is 25.7 Å². The molecule has 0 spiro atoms. The molecule has 1 saturated heterocycles. The fourth-order valence-corrected chi connectivity index (χ4v) is 3.18. The molecule has 0 radical (unpaired) electrons. The summed E-state index contributed by atoms with van der Waals surface area (Å²) >= 11 is 2.12. The monoisotopic (exact) mass is 242 g/mol. The first-order chi connectivity index (χ1) is 7.89. The van der Waals surface area contributed by atoms with E-state index in [-0.39, 0.29) is 0 Å². The van der Waals surface area contributed by atoms with Gasteiger partial charge in [-0.25, -0.2) is 0 Å². The standard InChI is InChI=1S/C14H26OS/c15-14-10-6-2-1-4-8-12-16-13-9-5-3-7-11-14/h1-13H2. The molecule has 1 aliphatic heterocycles. The van der Waals surface area contributed by atoms with Crippen molar-refractivity contribution in [3.63, 3.8) is 0 Å². The van der Waals surface area contributed by atoms with E-state index in [4.69, 9.17) is 0 Å². The number of Topliss-reactive ketones (excluding diaryl/α,β-unsaturated/α-hetero) is 1. The van der Waals surface area contributed by atoms with Gasteiger partial charge in [0.2, 0.25) is 0 Å². The zero-order valence-corrected chi connectivity index (χ0v) is 11.3. The molecule has 0 aromatic carbocycles. The number of hydrogen-bond acceptors (Lipinski definition) is 2. The Labute approximate surface area is 105 Å². The summed E-state index contributed by atoms with van der Waals surface area (Å²) in [6, 6.07) is 0. The summed E-state index contributed by atoms with van der Waals surface area (Å²) in [4.78, 5) is 11.5. The number of carbonyl (C=O) groups excluding carboxylic acids is 1. The second-order valence-corrected chi connectivity index (χ2v) is 6.06. The highest BCUT2D eigenvalue weighted by Crippen LogP contribution is 2.14. The molecule has 0 N–H and O–H groups in total. The van der Waals surface area contributed by atoms with Crippen LogP contribution in [-0.2, 0) is 4.79 Å². The third-order valence-electron chi connectivity index (χ3n) is 3.24. The molecule has 0 bridgehead atoms. The Kier molecular flexibility index (Phi) is 8.97. The Morgan fingerprint density at radius 2 is 1.06 bits per heavy atom. The van der Waals surface area contributed by atoms with Crippen LogP contribution in [0.25, 0.3) is 0 Å². The molecule has 16 heavy (non-hydrogen) atoms. The van der Waals surface area contributed by atoms with Crippen LogP contribution < -0.4 is 0 Å². The van der Waals surface area contributed by atoms with E-state index in [0.29, 0.717) is 5.78 Å². The van der Waals surface area contributed by atoms with Gasteiger partial charge in [0.15, 0.2) is 0 Å². The molecule has 0 aromatic rings. The van der Waals surface area contributed by atoms with Gasteiger partial charge in [-0.2, -0.15) is 11.8 Å². The Balaban J connectivity index is 2.13. The maximum absolute atomic E-state index is 11.5. The molecule has 0 saturated carbocycles. The number of carbonyl (C=O) groups is 1. The Hall–Kier alpha value is 0.0200. The first-order valence-electron chi connectivity index (χ1n) is 6.99. The van der Waals surface area contributed by atoms with E-state index in [1.54, 1.807) is 0 Å². The SMILES string of the molecule is O=C1CCCCCCCSCCCCCC1. The lowest BCUT2D eigenvalue weighted by Crippen LogP contribution is -1.97. The molecule has 1 nitrogen and oxygen atoms in total. The van der Waals surface area contributed by atoms with Crippen LogP contribution in [0.15, 0.2) is 0 Å². The van der Waals surface area contributed by atoms with Gasteiger partial charge in [0.25, 0.3) is 0 Å². The lowest BCUT2D eigenvalue weighted by atomic mass is 10.0. The lowest BCUT2D eigenvalue weighted by molar-refractivity contribution is -0.119. The fourth-order valence-electron chi connectivity index (χ4n) is 2.16. The zero-order valence-electron chi connectivity index (χ0n) is 10.5. The van der Waals surface area contributed by atoms with Crippen molar-refractivity contribution < 1.29 is 4.79 Å². The number of ketones is 1. The third-order valence-corrected chi connectivity index (χ3v) is 4.39. The Morgan fingerprint density at radius 1 is 0.625 bits per heavy atom. The third kappa shape index (κ3) is 8.20. The van der Waals surface area contributed by atoms with Crippen LogP contribution in [0.1, 0.15) is 70.6 Å². The molecule has 0 atom stereocenters. The van der Waals surface area contributed by atoms with E-state index < -0.39 is 0 Å². The summed E-state index contributed by atoms with van der Waals surface area (Å²) < 4.78 is 0. The van der Waals surface area contributed by atoms with Gasteiger partial charge < -0.3 is 0 Å². The number of rotatable bonds is 0. The second-order valence-electron chi connectivity index (χ2n) is 4.83. The van der Waals surface area contributed by atoms with Gasteiger partial charge in [-0.05, 0) is 37.2 Å². The van der Waals surface area contributed by atoms with Gasteiger partial charge in [0.1, 0.15) is 5.78 Å². The number of thioether (sulfide) groups is 1. The molecule has 0 aliphatic carbocycles. The van der Waals surface area contributed by atoms with Crippen LogP contribution in [0.2, 0.25) is 0 Å². The first-order valence-corrected chi connectivity index (χ1v) is 8.14. The molecule has 1 fully saturated rings. The van der Waals surface area contributed by atoms with Gasteiger partial charge in [0, 0.05) is 12.8 Å². The van der Waals surface area contributed by atoms with Crippen molar-refractivity contribution >= 4 is 17.5 Å². The minimum Gasteiger partial charge on any atom is -0.300 e. The highest BCUT2D eigenvalue weighted by Gasteiger charge is 2.02. The maximum Gasteiger partial charge on any atom is 0.132 e. The second kappa shape index (κ2) is 10.2. The Morgan fingerprint density at radius 3 is 1.62 bits per heavy atom. The topological polar surface area (TPSA) is 17.1 Å². The van der Waals surface area contributed by atoms with Crippen molar-refractivity contribution in [3.05, 3.63) is 0 Å². The quantitative estimate of drug-likeness (QED) is 0.618. The van der Waals surface area contributed by atoms with Crippen molar-refractivity contribution in [3.8, 4) is 0 Å². The van der Waals surface area contributed by atoms with Crippen LogP contribution in [0, 0.1) is 0 Å². The molecule has 1 rings (SSSR count). The molecule has 0 aromatic heterocycles. The van der Waals surface area contributed by atoms with E-state index in [1.807, 2.05) is 0 Å². The van der Waals surface area contributed by atoms with E-state index in [9.17, 15) is 4.79 Å². The normalized spacial score (nSPS) is 23.4. The summed E-state index contributed by atoms with van der Waals surface area (Å²) in [7, 11) is 0. The van der Waals surface area contributed by atoms with E-state index in [2.05, 4.69) is 11.8 Å². The highest BCUT2D eigenvalue weighted by molar-refractivity contribution is 7.99. The zero-order chi connectivity index (χ0) is 11.5. The summed E-state index contributed by atoms with van der Waals surface area (Å²) in [6.07, 6.45) is 13.2. The van der Waals surface area contributed by atoms with Gasteiger partial charge >= 0.3 is 0 Å².